The molecule has 0 bridgehead atoms. The number of hydrogen-bond donors (Lipinski definition) is 2. The third-order valence-corrected chi connectivity index (χ3v) is 3.69. The van der Waals surface area contributed by atoms with Gasteiger partial charge in [-0.1, -0.05) is 36.4 Å². The number of carbonyl (C=O) groups is 2. The predicted molar refractivity (Wildman–Crippen MR) is 99.9 cm³/mol. The number of amides is 1. The van der Waals surface area contributed by atoms with Crippen LogP contribution in [0.15, 0.2) is 48.5 Å². The molecule has 0 unspecified atom stereocenters. The number of rotatable bonds is 7. The Morgan fingerprint density at radius 3 is 2.35 bits per heavy atom. The third-order valence-electron chi connectivity index (χ3n) is 3.69. The molecule has 5 heteroatoms. The maximum atomic E-state index is 12.1. The van der Waals surface area contributed by atoms with Crippen LogP contribution in [0.2, 0.25) is 0 Å². The van der Waals surface area contributed by atoms with Gasteiger partial charge in [0.15, 0.2) is 0 Å². The molecule has 0 aromatic heterocycles. The molecule has 5 nitrogen and oxygen atoms in total. The Labute approximate surface area is 154 Å². The fourth-order valence-electron chi connectivity index (χ4n) is 2.39. The van der Waals surface area contributed by atoms with E-state index >= 15 is 0 Å². The number of benzene rings is 2. The zero-order chi connectivity index (χ0) is 19.2. The van der Waals surface area contributed by atoms with Crippen LogP contribution in [0.3, 0.4) is 0 Å². The van der Waals surface area contributed by atoms with Crippen molar-refractivity contribution in [2.45, 2.75) is 45.9 Å². The highest BCUT2D eigenvalue weighted by atomic mass is 16.5. The summed E-state index contributed by atoms with van der Waals surface area (Å²) in [5.41, 5.74) is 2.71. The summed E-state index contributed by atoms with van der Waals surface area (Å²) in [5.74, 6) is -1.15. The highest BCUT2D eigenvalue weighted by molar-refractivity contribution is 5.88. The average molecular weight is 355 g/mol. The summed E-state index contributed by atoms with van der Waals surface area (Å²) in [6.45, 7) is 6.97. The number of carbonyl (C=O) groups excluding carboxylic acids is 1. The van der Waals surface area contributed by atoms with Gasteiger partial charge in [-0.05, 0) is 49.6 Å². The number of nitrogens with one attached hydrogen (secondary N) is 1. The van der Waals surface area contributed by atoms with Crippen molar-refractivity contribution in [3.8, 4) is 0 Å². The van der Waals surface area contributed by atoms with E-state index in [-0.39, 0.29) is 23.5 Å². The minimum atomic E-state index is -0.999. The smallest absolute Gasteiger partial charge is 0.335 e. The first-order valence-corrected chi connectivity index (χ1v) is 8.54. The van der Waals surface area contributed by atoms with Crippen molar-refractivity contribution >= 4 is 11.9 Å². The first kappa shape index (κ1) is 19.7. The molecule has 0 heterocycles. The van der Waals surface area contributed by atoms with E-state index in [1.54, 1.807) is 12.1 Å². The van der Waals surface area contributed by atoms with Crippen LogP contribution in [0.25, 0.3) is 0 Å². The van der Waals surface area contributed by atoms with Crippen LogP contribution in [0.5, 0.6) is 0 Å². The lowest BCUT2D eigenvalue weighted by atomic mass is 10.1. The zero-order valence-corrected chi connectivity index (χ0v) is 15.4. The second kappa shape index (κ2) is 8.63. The van der Waals surface area contributed by atoms with Crippen molar-refractivity contribution in [1.82, 2.24) is 5.32 Å². The summed E-state index contributed by atoms with van der Waals surface area (Å²) >= 11 is 0. The monoisotopic (exact) mass is 355 g/mol. The molecule has 0 aliphatic carbocycles. The van der Waals surface area contributed by atoms with Gasteiger partial charge in [-0.3, -0.25) is 4.79 Å². The topological polar surface area (TPSA) is 75.6 Å². The minimum absolute atomic E-state index is 0.147. The Morgan fingerprint density at radius 1 is 1.00 bits per heavy atom. The van der Waals surface area contributed by atoms with Gasteiger partial charge in [0.2, 0.25) is 5.91 Å². The molecule has 2 aromatic rings. The first-order valence-electron chi connectivity index (χ1n) is 8.54. The minimum Gasteiger partial charge on any atom is -0.478 e. The summed E-state index contributed by atoms with van der Waals surface area (Å²) in [5, 5.41) is 11.9. The fraction of sp³-hybridized carbons (Fsp3) is 0.333. The van der Waals surface area contributed by atoms with E-state index in [4.69, 9.17) is 9.84 Å². The molecule has 2 aromatic carbocycles. The number of hydrogen-bond acceptors (Lipinski definition) is 3. The van der Waals surface area contributed by atoms with E-state index in [0.29, 0.717) is 18.7 Å². The number of carboxylic acid groups (broad SMARTS) is 1. The maximum Gasteiger partial charge on any atom is 0.335 e. The number of carboxylic acids is 1. The van der Waals surface area contributed by atoms with Crippen molar-refractivity contribution in [3.05, 3.63) is 70.8 Å². The largest absolute Gasteiger partial charge is 0.478 e. The van der Waals surface area contributed by atoms with Crippen molar-refractivity contribution in [1.29, 1.82) is 0 Å². The molecule has 26 heavy (non-hydrogen) atoms. The van der Waals surface area contributed by atoms with Crippen molar-refractivity contribution < 1.29 is 19.4 Å². The van der Waals surface area contributed by atoms with Gasteiger partial charge in [-0.2, -0.15) is 0 Å². The fourth-order valence-corrected chi connectivity index (χ4v) is 2.39. The van der Waals surface area contributed by atoms with Crippen molar-refractivity contribution in [3.63, 3.8) is 0 Å². The summed E-state index contributed by atoms with van der Waals surface area (Å²) in [4.78, 5) is 23.1. The Hall–Kier alpha value is -2.66. The SMILES string of the molecule is CC(C)(C)OCc1cccc(CNC(=O)Cc2cccc(C(=O)O)c2)c1. The van der Waals surface area contributed by atoms with Crippen molar-refractivity contribution in [2.24, 2.45) is 0 Å². The van der Waals surface area contributed by atoms with Gasteiger partial charge in [-0.25, -0.2) is 4.79 Å². The van der Waals surface area contributed by atoms with E-state index in [9.17, 15) is 9.59 Å². The van der Waals surface area contributed by atoms with Crippen LogP contribution >= 0.6 is 0 Å². The molecule has 0 spiro atoms. The third kappa shape index (κ3) is 6.69. The van der Waals surface area contributed by atoms with Crippen LogP contribution in [0.1, 0.15) is 47.8 Å². The summed E-state index contributed by atoms with van der Waals surface area (Å²) in [6, 6.07) is 14.3. The molecule has 0 radical (unpaired) electrons. The van der Waals surface area contributed by atoms with Gasteiger partial charge in [-0.15, -0.1) is 0 Å². The molecule has 0 saturated carbocycles. The first-order chi connectivity index (χ1) is 12.2. The molecule has 0 aliphatic rings. The molecule has 0 fully saturated rings. The molecule has 1 amide bonds. The van der Waals surface area contributed by atoms with Crippen LogP contribution in [0, 0.1) is 0 Å². The lowest BCUT2D eigenvalue weighted by Gasteiger charge is -2.19. The lowest BCUT2D eigenvalue weighted by Crippen LogP contribution is -2.24. The second-order valence-corrected chi connectivity index (χ2v) is 7.18. The molecule has 2 rings (SSSR count). The molecule has 0 aliphatic heterocycles. The molecular formula is C21H25NO4. The highest BCUT2D eigenvalue weighted by Crippen LogP contribution is 2.13. The van der Waals surface area contributed by atoms with Crippen LogP contribution in [0.4, 0.5) is 0 Å². The van der Waals surface area contributed by atoms with Crippen LogP contribution in [-0.2, 0) is 29.1 Å². The van der Waals surface area contributed by atoms with Crippen LogP contribution in [-0.4, -0.2) is 22.6 Å². The van der Waals surface area contributed by atoms with Crippen LogP contribution < -0.4 is 5.32 Å². The van der Waals surface area contributed by atoms with E-state index in [2.05, 4.69) is 5.32 Å². The summed E-state index contributed by atoms with van der Waals surface area (Å²) in [6.07, 6.45) is 0.147. The quantitative estimate of drug-likeness (QED) is 0.796. The van der Waals surface area contributed by atoms with E-state index in [0.717, 1.165) is 11.1 Å². The number of aromatic carboxylic acids is 1. The summed E-state index contributed by atoms with van der Waals surface area (Å²) < 4.78 is 5.77. The average Bonchev–Trinajstić information content (AvgIpc) is 2.58. The van der Waals surface area contributed by atoms with Gasteiger partial charge in [0.05, 0.1) is 24.2 Å². The molecule has 138 valence electrons. The molecule has 0 atom stereocenters. The normalized spacial score (nSPS) is 11.2. The van der Waals surface area contributed by atoms with E-state index < -0.39 is 5.97 Å². The number of ether oxygens (including phenoxy) is 1. The van der Waals surface area contributed by atoms with E-state index in [1.165, 1.54) is 12.1 Å². The van der Waals surface area contributed by atoms with E-state index in [1.807, 2.05) is 45.0 Å². The van der Waals surface area contributed by atoms with Crippen molar-refractivity contribution in [2.75, 3.05) is 0 Å². The lowest BCUT2D eigenvalue weighted by molar-refractivity contribution is -0.120. The van der Waals surface area contributed by atoms with Gasteiger partial charge in [0, 0.05) is 6.54 Å². The second-order valence-electron chi connectivity index (χ2n) is 7.18. The van der Waals surface area contributed by atoms with Gasteiger partial charge >= 0.3 is 5.97 Å². The van der Waals surface area contributed by atoms with Gasteiger partial charge in [0.25, 0.3) is 0 Å². The molecular weight excluding hydrogens is 330 g/mol. The summed E-state index contributed by atoms with van der Waals surface area (Å²) in [7, 11) is 0. The Morgan fingerprint density at radius 2 is 1.65 bits per heavy atom. The van der Waals surface area contributed by atoms with Gasteiger partial charge < -0.3 is 15.2 Å². The zero-order valence-electron chi connectivity index (χ0n) is 15.4. The predicted octanol–water partition coefficient (Wildman–Crippen LogP) is 3.56. The van der Waals surface area contributed by atoms with Gasteiger partial charge in [0.1, 0.15) is 0 Å². The Kier molecular flexibility index (Phi) is 6.52. The maximum absolute atomic E-state index is 12.1. The molecule has 0 saturated heterocycles. The Bertz CT molecular complexity index is 778. The highest BCUT2D eigenvalue weighted by Gasteiger charge is 2.10. The Balaban J connectivity index is 1.89. The molecule has 2 N–H and O–H groups in total. The standard InChI is InChI=1S/C21H25NO4/c1-21(2,3)26-14-17-8-4-7-16(10-17)13-22-19(23)12-15-6-5-9-18(11-15)20(24)25/h4-11H,12-14H2,1-3H3,(H,22,23)(H,24,25).